The van der Waals surface area contributed by atoms with Crippen LogP contribution in [0.1, 0.15) is 133 Å². The first-order valence-corrected chi connectivity index (χ1v) is 28.4. The van der Waals surface area contributed by atoms with Gasteiger partial charge in [-0.25, -0.2) is 0 Å². The average molecular weight is 1130 g/mol. The van der Waals surface area contributed by atoms with E-state index in [1.807, 2.05) is 64.1 Å². The van der Waals surface area contributed by atoms with Crippen LogP contribution >= 0.6 is 0 Å². The minimum atomic E-state index is -1.02. The van der Waals surface area contributed by atoms with Gasteiger partial charge in [0.1, 0.15) is 0 Å². The summed E-state index contributed by atoms with van der Waals surface area (Å²) < 4.78 is 33.0. The number of aliphatic hydroxyl groups is 2. The Morgan fingerprint density at radius 1 is 0.588 bits per heavy atom. The van der Waals surface area contributed by atoms with Crippen molar-refractivity contribution in [3.05, 3.63) is 58.0 Å². The third-order valence-electron chi connectivity index (χ3n) is 15.1. The molecule has 0 unspecified atom stereocenters. The molecule has 0 aliphatic heterocycles. The minimum absolute atomic E-state index is 0.00829. The molecule has 80 heavy (non-hydrogen) atoms. The Hall–Kier alpha value is -5.37. The molecule has 0 aliphatic carbocycles. The van der Waals surface area contributed by atoms with Gasteiger partial charge in [0.2, 0.25) is 23.6 Å². The summed E-state index contributed by atoms with van der Waals surface area (Å²) in [5, 5.41) is 31.8. The molecule has 0 aliphatic rings. The Labute approximate surface area is 478 Å². The Balaban J connectivity index is 0.000000801. The predicted octanol–water partition coefficient (Wildman–Crippen LogP) is 7.94. The van der Waals surface area contributed by atoms with Gasteiger partial charge in [-0.3, -0.25) is 19.2 Å². The lowest BCUT2D eigenvalue weighted by Gasteiger charge is -2.30. The van der Waals surface area contributed by atoms with E-state index in [0.29, 0.717) is 74.6 Å². The van der Waals surface area contributed by atoms with Gasteiger partial charge < -0.3 is 66.5 Å². The fourth-order valence-corrected chi connectivity index (χ4v) is 8.91. The number of nitrogens with zero attached hydrogens (tertiary/aromatic N) is 3. The number of carbonyl (C=O) groups excluding carboxylic acids is 4. The molecule has 0 spiro atoms. The molecular formula is C60H104N8O12. The van der Waals surface area contributed by atoms with Crippen molar-refractivity contribution < 1.29 is 57.8 Å². The molecule has 456 valence electrons. The monoisotopic (exact) mass is 1130 g/mol. The zero-order valence-corrected chi connectivity index (χ0v) is 51.3. The van der Waals surface area contributed by atoms with Gasteiger partial charge in [-0.15, -0.1) is 0 Å². The fraction of sp³-hybridized carbons (Fsp3) is 0.733. The molecule has 0 saturated carbocycles. The molecule has 4 amide bonds. The maximum atomic E-state index is 13.0. The van der Waals surface area contributed by atoms with Crippen molar-refractivity contribution in [2.24, 2.45) is 80.5 Å². The second-order valence-corrected chi connectivity index (χ2v) is 23.9. The SMILES string of the molecule is COCCCOc1cc(C[C@@H](C[C@H](N)[C@@H](O)C[C@H](C(=O)NCC(C)(C)C(N)=O)C(C)C)C(C)C)ccc1OC.COCCCOc1cc(C[C@@H](C[C@H](N=[N+]=[N-])[C@@H](O)C[C@H](C(=O)NCC(C)(C)C(N)=O)C(C)C)C(C)C)ccc1OC. The van der Waals surface area contributed by atoms with E-state index in [9.17, 15) is 34.9 Å². The van der Waals surface area contributed by atoms with Crippen molar-refractivity contribution in [1.29, 1.82) is 0 Å². The van der Waals surface area contributed by atoms with Crippen molar-refractivity contribution in [1.82, 2.24) is 10.6 Å². The van der Waals surface area contributed by atoms with Crippen molar-refractivity contribution in [3.8, 4) is 23.0 Å². The lowest BCUT2D eigenvalue weighted by molar-refractivity contribution is -0.131. The number of azide groups is 1. The Morgan fingerprint density at radius 3 is 1.31 bits per heavy atom. The Morgan fingerprint density at radius 2 is 0.975 bits per heavy atom. The normalized spacial score (nSPS) is 14.8. The first-order chi connectivity index (χ1) is 37.5. The predicted molar refractivity (Wildman–Crippen MR) is 314 cm³/mol. The third-order valence-corrected chi connectivity index (χ3v) is 15.1. The van der Waals surface area contributed by atoms with Crippen LogP contribution in [0.5, 0.6) is 23.0 Å². The zero-order chi connectivity index (χ0) is 60.9. The second kappa shape index (κ2) is 36.9. The maximum absolute atomic E-state index is 13.0. The maximum Gasteiger partial charge on any atom is 0.224 e. The van der Waals surface area contributed by atoms with Crippen LogP contribution in [0.4, 0.5) is 0 Å². The highest BCUT2D eigenvalue weighted by Gasteiger charge is 2.35. The van der Waals surface area contributed by atoms with Gasteiger partial charge in [-0.2, -0.15) is 0 Å². The number of aliphatic hydroxyl groups excluding tert-OH is 2. The first-order valence-electron chi connectivity index (χ1n) is 28.4. The average Bonchev–Trinajstić information content (AvgIpc) is 3.39. The number of hydrogen-bond acceptors (Lipinski definition) is 14. The van der Waals surface area contributed by atoms with E-state index in [2.05, 4.69) is 48.4 Å². The molecule has 20 nitrogen and oxygen atoms in total. The van der Waals surface area contributed by atoms with Crippen LogP contribution in [0.15, 0.2) is 41.5 Å². The summed E-state index contributed by atoms with van der Waals surface area (Å²) in [4.78, 5) is 52.2. The number of ether oxygens (including phenoxy) is 6. The highest BCUT2D eigenvalue weighted by Crippen LogP contribution is 2.34. The van der Waals surface area contributed by atoms with Crippen LogP contribution in [0, 0.1) is 58.2 Å². The molecule has 20 heteroatoms. The summed E-state index contributed by atoms with van der Waals surface area (Å²) in [7, 11) is 6.54. The van der Waals surface area contributed by atoms with E-state index in [-0.39, 0.29) is 67.3 Å². The number of amides is 4. The van der Waals surface area contributed by atoms with E-state index < -0.39 is 58.8 Å². The van der Waals surface area contributed by atoms with Gasteiger partial charge in [0.15, 0.2) is 23.0 Å². The number of carbonyl (C=O) groups is 4. The standard InChI is InChI=1S/C30H51N5O6.C30H53N3O6/c1-19(2)22(14-21-10-11-26(40-8)27(15-21)41-13-9-12-39-7)16-24(34-35-32)25(36)17-23(20(3)4)28(37)33-18-30(5,6)29(31)38;1-19(2)22(14-21-10-11-26(38-8)27(15-21)39-13-9-12-37-7)16-24(31)25(34)17-23(20(3)4)28(35)33-18-30(5,6)29(32)36/h10-11,15,19-20,22-25,36H,9,12-14,16-18H2,1-8H3,(H2,31,38)(H,33,37);10-11,15,19-20,22-25,34H,9,12-14,16-18,31H2,1-8H3,(H2,32,36)(H,33,35)/t2*22-,23-,24-,25-/m00/s1. The van der Waals surface area contributed by atoms with Crippen LogP contribution in [-0.2, 0) is 41.5 Å². The lowest BCUT2D eigenvalue weighted by atomic mass is 9.80. The summed E-state index contributed by atoms with van der Waals surface area (Å²) >= 11 is 0. The van der Waals surface area contributed by atoms with E-state index in [1.54, 1.807) is 56.1 Å². The largest absolute Gasteiger partial charge is 0.493 e. The third kappa shape index (κ3) is 26.0. The van der Waals surface area contributed by atoms with Crippen molar-refractivity contribution in [2.75, 3.05) is 68.0 Å². The van der Waals surface area contributed by atoms with E-state index in [0.717, 1.165) is 30.4 Å². The van der Waals surface area contributed by atoms with Crippen LogP contribution in [0.3, 0.4) is 0 Å². The smallest absolute Gasteiger partial charge is 0.224 e. The summed E-state index contributed by atoms with van der Waals surface area (Å²) in [6, 6.07) is 10.6. The summed E-state index contributed by atoms with van der Waals surface area (Å²) in [6.45, 7) is 25.4. The zero-order valence-electron chi connectivity index (χ0n) is 51.3. The molecule has 8 atom stereocenters. The van der Waals surface area contributed by atoms with Gasteiger partial charge in [0.25, 0.3) is 0 Å². The molecule has 0 heterocycles. The number of nitrogens with one attached hydrogen (secondary N) is 2. The van der Waals surface area contributed by atoms with Crippen LogP contribution < -0.4 is 46.8 Å². The number of primary amides is 2. The molecular weight excluding hydrogens is 1020 g/mol. The minimum Gasteiger partial charge on any atom is -0.493 e. The van der Waals surface area contributed by atoms with Crippen LogP contribution in [0.2, 0.25) is 0 Å². The second-order valence-electron chi connectivity index (χ2n) is 23.9. The van der Waals surface area contributed by atoms with Gasteiger partial charge >= 0.3 is 0 Å². The molecule has 2 aromatic carbocycles. The van der Waals surface area contributed by atoms with Gasteiger partial charge in [0.05, 0.1) is 56.5 Å². The number of nitrogens with two attached hydrogens (primary N) is 3. The molecule has 0 saturated heterocycles. The number of methoxy groups -OCH3 is 4. The number of rotatable bonds is 39. The van der Waals surface area contributed by atoms with Crippen LogP contribution in [-0.4, -0.2) is 126 Å². The first kappa shape index (κ1) is 72.6. The molecule has 0 bridgehead atoms. The summed E-state index contributed by atoms with van der Waals surface area (Å²) in [5.41, 5.74) is 27.1. The van der Waals surface area contributed by atoms with Crippen LogP contribution in [0.25, 0.3) is 10.4 Å². The molecule has 0 fully saturated rings. The van der Waals surface area contributed by atoms with Crippen molar-refractivity contribution in [3.63, 3.8) is 0 Å². The van der Waals surface area contributed by atoms with Crippen molar-refractivity contribution >= 4 is 23.6 Å². The molecule has 0 radical (unpaired) electrons. The van der Waals surface area contributed by atoms with E-state index >= 15 is 0 Å². The van der Waals surface area contributed by atoms with Crippen molar-refractivity contribution in [2.45, 2.75) is 159 Å². The molecule has 2 aromatic rings. The van der Waals surface area contributed by atoms with E-state index in [1.165, 1.54) is 0 Å². The topological polar surface area (TPSA) is 315 Å². The summed E-state index contributed by atoms with van der Waals surface area (Å²) in [5.74, 6) is 0.990. The summed E-state index contributed by atoms with van der Waals surface area (Å²) in [6.07, 6.45) is 2.53. The Kier molecular flexibility index (Phi) is 33.5. The van der Waals surface area contributed by atoms with E-state index in [4.69, 9.17) is 45.6 Å². The van der Waals surface area contributed by atoms with Gasteiger partial charge in [-0.1, -0.05) is 72.6 Å². The molecule has 2 rings (SSSR count). The molecule has 0 aromatic heterocycles. The highest BCUT2D eigenvalue weighted by atomic mass is 16.5. The van der Waals surface area contributed by atoms with Gasteiger partial charge in [0, 0.05) is 76.2 Å². The Bertz CT molecular complexity index is 2200. The quantitative estimate of drug-likeness (QED) is 0.0145. The fourth-order valence-electron chi connectivity index (χ4n) is 8.91. The molecule has 10 N–H and O–H groups in total. The lowest BCUT2D eigenvalue weighted by Crippen LogP contribution is -2.46. The van der Waals surface area contributed by atoms with Gasteiger partial charge in [-0.05, 0) is 143 Å². The number of benzene rings is 2. The highest BCUT2D eigenvalue weighted by molar-refractivity contribution is 5.83. The number of hydrogen-bond donors (Lipinski definition) is 7.